The average molecular weight is 426 g/mol. The smallest absolute Gasteiger partial charge is 0.337 e. The van der Waals surface area contributed by atoms with Crippen molar-refractivity contribution in [1.82, 2.24) is 5.32 Å². The van der Waals surface area contributed by atoms with E-state index in [-0.39, 0.29) is 22.7 Å². The number of benzene rings is 2. The highest BCUT2D eigenvalue weighted by atomic mass is 16.5. The molecule has 0 aromatic heterocycles. The van der Waals surface area contributed by atoms with Crippen molar-refractivity contribution < 1.29 is 19.4 Å². The Kier molecular flexibility index (Phi) is 7.53. The molecule has 0 bridgehead atoms. The fourth-order valence-corrected chi connectivity index (χ4v) is 3.41. The van der Waals surface area contributed by atoms with Crippen molar-refractivity contribution in [1.29, 1.82) is 0 Å². The number of aromatic hydroxyl groups is 1. The SMILES string of the molecule is COC(=O)c1ccc(CNC(=O)CCc2cc(C(C)(C)C)c(O)c(C(C)(C)C)c2)cc1. The number of methoxy groups -OCH3 is 1. The number of hydrogen-bond acceptors (Lipinski definition) is 4. The number of ether oxygens (including phenoxy) is 1. The molecule has 0 saturated heterocycles. The second-order valence-corrected chi connectivity index (χ2v) is 10.0. The molecule has 0 aliphatic heterocycles. The Morgan fingerprint density at radius 3 is 1.87 bits per heavy atom. The second-order valence-electron chi connectivity index (χ2n) is 10.0. The first-order valence-corrected chi connectivity index (χ1v) is 10.6. The highest BCUT2D eigenvalue weighted by Gasteiger charge is 2.26. The lowest BCUT2D eigenvalue weighted by molar-refractivity contribution is -0.121. The number of aryl methyl sites for hydroxylation is 1. The molecule has 0 saturated carbocycles. The number of hydrogen-bond donors (Lipinski definition) is 2. The number of carbonyl (C=O) groups is 2. The van der Waals surface area contributed by atoms with Gasteiger partial charge >= 0.3 is 5.97 Å². The molecular formula is C26H35NO4. The molecule has 0 spiro atoms. The highest BCUT2D eigenvalue weighted by Crippen LogP contribution is 2.39. The molecule has 0 aliphatic rings. The molecule has 0 fully saturated rings. The van der Waals surface area contributed by atoms with Gasteiger partial charge in [-0.15, -0.1) is 0 Å². The average Bonchev–Trinajstić information content (AvgIpc) is 2.69. The number of phenols is 1. The second kappa shape index (κ2) is 9.54. The van der Waals surface area contributed by atoms with Crippen LogP contribution in [0.4, 0.5) is 0 Å². The molecule has 168 valence electrons. The van der Waals surface area contributed by atoms with Crippen LogP contribution in [0.15, 0.2) is 36.4 Å². The minimum Gasteiger partial charge on any atom is -0.507 e. The molecule has 1 amide bonds. The lowest BCUT2D eigenvalue weighted by Crippen LogP contribution is -2.23. The predicted molar refractivity (Wildman–Crippen MR) is 123 cm³/mol. The molecule has 31 heavy (non-hydrogen) atoms. The summed E-state index contributed by atoms with van der Waals surface area (Å²) in [5, 5.41) is 13.8. The zero-order valence-electron chi connectivity index (χ0n) is 19.8. The minimum absolute atomic E-state index is 0.0419. The van der Waals surface area contributed by atoms with Gasteiger partial charge in [0.1, 0.15) is 5.75 Å². The van der Waals surface area contributed by atoms with E-state index in [4.69, 9.17) is 0 Å². The summed E-state index contributed by atoms with van der Waals surface area (Å²) in [7, 11) is 1.35. The summed E-state index contributed by atoms with van der Waals surface area (Å²) < 4.78 is 4.69. The standard InChI is InChI=1S/C26H35NO4/c1-25(2,3)20-14-18(15-21(23(20)29)26(4,5)6)10-13-22(28)27-16-17-8-11-19(12-9-17)24(30)31-7/h8-9,11-12,14-15,29H,10,13,16H2,1-7H3,(H,27,28). The van der Waals surface area contributed by atoms with Crippen molar-refractivity contribution in [3.05, 3.63) is 64.2 Å². The lowest BCUT2D eigenvalue weighted by atomic mass is 9.78. The van der Waals surface area contributed by atoms with Gasteiger partial charge in [-0.3, -0.25) is 4.79 Å². The third-order valence-corrected chi connectivity index (χ3v) is 5.29. The van der Waals surface area contributed by atoms with E-state index >= 15 is 0 Å². The van der Waals surface area contributed by atoms with Crippen LogP contribution in [0.25, 0.3) is 0 Å². The fourth-order valence-electron chi connectivity index (χ4n) is 3.41. The zero-order chi connectivity index (χ0) is 23.4. The van der Waals surface area contributed by atoms with Gasteiger partial charge in [0.05, 0.1) is 12.7 Å². The van der Waals surface area contributed by atoms with E-state index in [9.17, 15) is 14.7 Å². The molecule has 2 aromatic rings. The quantitative estimate of drug-likeness (QED) is 0.637. The third kappa shape index (κ3) is 6.58. The van der Waals surface area contributed by atoms with Crippen LogP contribution in [0.2, 0.25) is 0 Å². The monoisotopic (exact) mass is 425 g/mol. The topological polar surface area (TPSA) is 75.6 Å². The maximum Gasteiger partial charge on any atom is 0.337 e. The number of amides is 1. The summed E-state index contributed by atoms with van der Waals surface area (Å²) in [6, 6.07) is 11.0. The molecule has 2 N–H and O–H groups in total. The van der Waals surface area contributed by atoms with Crippen LogP contribution in [0, 0.1) is 0 Å². The molecule has 0 aliphatic carbocycles. The minimum atomic E-state index is -0.381. The zero-order valence-corrected chi connectivity index (χ0v) is 19.8. The number of nitrogens with one attached hydrogen (secondary N) is 1. The van der Waals surface area contributed by atoms with Crippen molar-refractivity contribution >= 4 is 11.9 Å². The van der Waals surface area contributed by atoms with Crippen LogP contribution >= 0.6 is 0 Å². The molecule has 0 atom stereocenters. The summed E-state index contributed by atoms with van der Waals surface area (Å²) in [6.07, 6.45) is 0.956. The molecule has 0 heterocycles. The van der Waals surface area contributed by atoms with Gasteiger partial charge < -0.3 is 15.2 Å². The van der Waals surface area contributed by atoms with Crippen LogP contribution in [0.3, 0.4) is 0 Å². The van der Waals surface area contributed by atoms with E-state index in [2.05, 4.69) is 51.6 Å². The van der Waals surface area contributed by atoms with Gasteiger partial charge in [0.15, 0.2) is 0 Å². The Morgan fingerprint density at radius 2 is 1.42 bits per heavy atom. The van der Waals surface area contributed by atoms with E-state index in [1.54, 1.807) is 24.3 Å². The van der Waals surface area contributed by atoms with E-state index in [0.717, 1.165) is 22.3 Å². The molecular weight excluding hydrogens is 390 g/mol. The lowest BCUT2D eigenvalue weighted by Gasteiger charge is -2.28. The van der Waals surface area contributed by atoms with Crippen molar-refractivity contribution in [2.24, 2.45) is 0 Å². The first kappa shape index (κ1) is 24.4. The normalized spacial score (nSPS) is 11.8. The Bertz CT molecular complexity index is 896. The van der Waals surface area contributed by atoms with Gasteiger partial charge in [0, 0.05) is 13.0 Å². The van der Waals surface area contributed by atoms with E-state index < -0.39 is 0 Å². The van der Waals surface area contributed by atoms with Crippen LogP contribution in [-0.4, -0.2) is 24.1 Å². The van der Waals surface area contributed by atoms with Gasteiger partial charge in [-0.1, -0.05) is 65.8 Å². The summed E-state index contributed by atoms with van der Waals surface area (Å²) in [6.45, 7) is 12.9. The molecule has 0 unspecified atom stereocenters. The molecule has 5 heteroatoms. The molecule has 5 nitrogen and oxygen atoms in total. The van der Waals surface area contributed by atoms with Crippen molar-refractivity contribution in [3.8, 4) is 5.75 Å². The molecule has 0 radical (unpaired) electrons. The maximum atomic E-state index is 12.4. The van der Waals surface area contributed by atoms with Crippen molar-refractivity contribution in [3.63, 3.8) is 0 Å². The number of phenolic OH excluding ortho intramolecular Hbond substituents is 1. The van der Waals surface area contributed by atoms with Crippen LogP contribution in [-0.2, 0) is 33.3 Å². The van der Waals surface area contributed by atoms with E-state index in [1.807, 2.05) is 12.1 Å². The van der Waals surface area contributed by atoms with E-state index in [0.29, 0.717) is 30.7 Å². The largest absolute Gasteiger partial charge is 0.507 e. The van der Waals surface area contributed by atoms with Crippen molar-refractivity contribution in [2.75, 3.05) is 7.11 Å². The maximum absolute atomic E-state index is 12.4. The van der Waals surface area contributed by atoms with Gasteiger partial charge in [-0.05, 0) is 51.6 Å². The Morgan fingerprint density at radius 1 is 0.903 bits per heavy atom. The first-order valence-electron chi connectivity index (χ1n) is 10.6. The van der Waals surface area contributed by atoms with Gasteiger partial charge in [-0.2, -0.15) is 0 Å². The van der Waals surface area contributed by atoms with Gasteiger partial charge in [0.2, 0.25) is 5.91 Å². The summed E-state index contributed by atoms with van der Waals surface area (Å²) in [5.74, 6) is -0.0722. The third-order valence-electron chi connectivity index (χ3n) is 5.29. The molecule has 2 aromatic carbocycles. The molecule has 2 rings (SSSR count). The number of carbonyl (C=O) groups excluding carboxylic acids is 2. The summed E-state index contributed by atoms with van der Waals surface area (Å²) in [4.78, 5) is 23.9. The van der Waals surface area contributed by atoms with Gasteiger partial charge in [0.25, 0.3) is 0 Å². The number of esters is 1. The Hall–Kier alpha value is -2.82. The highest BCUT2D eigenvalue weighted by molar-refractivity contribution is 5.89. The van der Waals surface area contributed by atoms with Crippen LogP contribution in [0.5, 0.6) is 5.75 Å². The summed E-state index contributed by atoms with van der Waals surface area (Å²) >= 11 is 0. The van der Waals surface area contributed by atoms with Crippen molar-refractivity contribution in [2.45, 2.75) is 71.8 Å². The van der Waals surface area contributed by atoms with Crippen LogP contribution < -0.4 is 5.32 Å². The first-order chi connectivity index (χ1) is 14.3. The fraction of sp³-hybridized carbons (Fsp3) is 0.462. The van der Waals surface area contributed by atoms with Gasteiger partial charge in [-0.25, -0.2) is 4.79 Å². The van der Waals surface area contributed by atoms with Crippen LogP contribution in [0.1, 0.15) is 80.6 Å². The number of rotatable bonds is 6. The Labute approximate surface area is 185 Å². The Balaban J connectivity index is 2.05. The predicted octanol–water partition coefficient (Wildman–Crippen LogP) is 5.02. The van der Waals surface area contributed by atoms with E-state index in [1.165, 1.54) is 7.11 Å². The summed E-state index contributed by atoms with van der Waals surface area (Å²) in [5.41, 5.74) is 3.86.